The molecule has 0 aromatic rings. The summed E-state index contributed by atoms with van der Waals surface area (Å²) in [5.74, 6) is 0.579. The Morgan fingerprint density at radius 2 is 2.11 bits per heavy atom. The van der Waals surface area contributed by atoms with Crippen LogP contribution in [0.2, 0.25) is 0 Å². The molecule has 2 aliphatic rings. The van der Waals surface area contributed by atoms with Crippen LogP contribution in [-0.4, -0.2) is 41.5 Å². The lowest BCUT2D eigenvalue weighted by Crippen LogP contribution is -2.56. The Bertz CT molecular complexity index is 362. The van der Waals surface area contributed by atoms with E-state index in [-0.39, 0.29) is 5.91 Å². The van der Waals surface area contributed by atoms with Crippen LogP contribution in [0.15, 0.2) is 0 Å². The van der Waals surface area contributed by atoms with E-state index in [2.05, 4.69) is 24.1 Å². The number of carbonyl (C=O) groups is 1. The summed E-state index contributed by atoms with van der Waals surface area (Å²) in [6, 6.07) is 0.746. The highest BCUT2D eigenvalue weighted by Gasteiger charge is 2.50. The molecule has 0 radical (unpaired) electrons. The molecule has 3 N–H and O–H groups in total. The second kappa shape index (κ2) is 5.75. The van der Waals surface area contributed by atoms with Crippen LogP contribution in [0.3, 0.4) is 0 Å². The normalized spacial score (nSPS) is 29.9. The summed E-state index contributed by atoms with van der Waals surface area (Å²) in [6.45, 7) is 6.98. The lowest BCUT2D eigenvalue weighted by molar-refractivity contribution is -0.132. The van der Waals surface area contributed by atoms with Crippen molar-refractivity contribution in [1.82, 2.24) is 10.2 Å². The number of rotatable bonds is 7. The summed E-state index contributed by atoms with van der Waals surface area (Å²) in [6.07, 6.45) is 4.20. The minimum atomic E-state index is -0.564. The Balaban J connectivity index is 1.78. The van der Waals surface area contributed by atoms with Gasteiger partial charge in [0, 0.05) is 19.1 Å². The van der Waals surface area contributed by atoms with E-state index in [0.717, 1.165) is 32.0 Å². The highest BCUT2D eigenvalue weighted by Crippen LogP contribution is 2.45. The summed E-state index contributed by atoms with van der Waals surface area (Å²) in [4.78, 5) is 15.1. The van der Waals surface area contributed by atoms with Gasteiger partial charge < -0.3 is 11.1 Å². The van der Waals surface area contributed by atoms with E-state index in [1.54, 1.807) is 0 Å². The maximum absolute atomic E-state index is 12.3. The quantitative estimate of drug-likeness (QED) is 0.691. The zero-order valence-corrected chi connectivity index (χ0v) is 12.8. The van der Waals surface area contributed by atoms with E-state index in [4.69, 9.17) is 18.0 Å². The molecule has 0 aromatic heterocycles. The Labute approximate surface area is 121 Å². The van der Waals surface area contributed by atoms with Crippen molar-refractivity contribution in [1.29, 1.82) is 0 Å². The van der Waals surface area contributed by atoms with Crippen LogP contribution in [0.25, 0.3) is 0 Å². The zero-order valence-electron chi connectivity index (χ0n) is 11.9. The average molecular weight is 283 g/mol. The van der Waals surface area contributed by atoms with Gasteiger partial charge in [0.25, 0.3) is 0 Å². The van der Waals surface area contributed by atoms with Crippen LogP contribution >= 0.6 is 12.2 Å². The second-order valence-electron chi connectivity index (χ2n) is 6.08. The van der Waals surface area contributed by atoms with Crippen LogP contribution in [0.5, 0.6) is 0 Å². The first kappa shape index (κ1) is 14.7. The van der Waals surface area contributed by atoms with Crippen molar-refractivity contribution < 1.29 is 4.79 Å². The topological polar surface area (TPSA) is 58.4 Å². The molecule has 0 spiro atoms. The molecule has 2 fully saturated rings. The van der Waals surface area contributed by atoms with Gasteiger partial charge in [0.15, 0.2) is 0 Å². The van der Waals surface area contributed by atoms with Crippen LogP contribution in [-0.2, 0) is 4.79 Å². The van der Waals surface area contributed by atoms with Crippen molar-refractivity contribution in [3.05, 3.63) is 0 Å². The van der Waals surface area contributed by atoms with Crippen molar-refractivity contribution in [2.75, 3.05) is 19.6 Å². The highest BCUT2D eigenvalue weighted by atomic mass is 32.1. The van der Waals surface area contributed by atoms with E-state index in [1.165, 1.54) is 12.8 Å². The van der Waals surface area contributed by atoms with Gasteiger partial charge in [-0.2, -0.15) is 0 Å². The molecule has 0 bridgehead atoms. The zero-order chi connectivity index (χ0) is 14.0. The molecular formula is C14H25N3OS. The van der Waals surface area contributed by atoms with Gasteiger partial charge in [-0.3, -0.25) is 9.69 Å². The Hall–Kier alpha value is -0.680. The Morgan fingerprint density at radius 3 is 2.53 bits per heavy atom. The minimum Gasteiger partial charge on any atom is -0.392 e. The van der Waals surface area contributed by atoms with Crippen molar-refractivity contribution in [2.45, 2.75) is 45.6 Å². The fourth-order valence-electron chi connectivity index (χ4n) is 3.15. The molecule has 0 aliphatic heterocycles. The van der Waals surface area contributed by atoms with E-state index >= 15 is 0 Å². The SMILES string of the molecule is CCN(CCNC(=O)C1(C(N)=S)CC(C)C1)C1CC1. The summed E-state index contributed by atoms with van der Waals surface area (Å²) in [5, 5.41) is 3.03. The Kier molecular flexibility index (Phi) is 4.46. The van der Waals surface area contributed by atoms with Gasteiger partial charge >= 0.3 is 0 Å². The molecule has 2 saturated carbocycles. The Morgan fingerprint density at radius 1 is 1.47 bits per heavy atom. The lowest BCUT2D eigenvalue weighted by atomic mass is 9.62. The van der Waals surface area contributed by atoms with Crippen LogP contribution in [0.1, 0.15) is 39.5 Å². The van der Waals surface area contributed by atoms with Gasteiger partial charge in [-0.15, -0.1) is 0 Å². The van der Waals surface area contributed by atoms with E-state index in [0.29, 0.717) is 17.5 Å². The third-order valence-electron chi connectivity index (χ3n) is 4.45. The van der Waals surface area contributed by atoms with Gasteiger partial charge in [-0.1, -0.05) is 26.1 Å². The van der Waals surface area contributed by atoms with Crippen LogP contribution in [0, 0.1) is 11.3 Å². The maximum atomic E-state index is 12.3. The second-order valence-corrected chi connectivity index (χ2v) is 6.52. The number of carbonyl (C=O) groups excluding carboxylic acids is 1. The average Bonchev–Trinajstić information content (AvgIpc) is 3.13. The van der Waals surface area contributed by atoms with Crippen LogP contribution in [0.4, 0.5) is 0 Å². The first-order valence-electron chi connectivity index (χ1n) is 7.32. The van der Waals surface area contributed by atoms with E-state index in [9.17, 15) is 4.79 Å². The van der Waals surface area contributed by atoms with Crippen molar-refractivity contribution in [3.63, 3.8) is 0 Å². The standard InChI is InChI=1S/C14H25N3OS/c1-3-17(11-4-5-11)7-6-16-13(18)14(12(15)19)8-10(2)9-14/h10-11H,3-9H2,1-2H3,(H2,15,19)(H,16,18). The lowest BCUT2D eigenvalue weighted by Gasteiger charge is -2.44. The van der Waals surface area contributed by atoms with Crippen molar-refractivity contribution in [2.24, 2.45) is 17.1 Å². The predicted octanol–water partition coefficient (Wildman–Crippen LogP) is 1.29. The van der Waals surface area contributed by atoms with Crippen molar-refractivity contribution in [3.8, 4) is 0 Å². The molecular weight excluding hydrogens is 258 g/mol. The smallest absolute Gasteiger partial charge is 0.233 e. The van der Waals surface area contributed by atoms with E-state index < -0.39 is 5.41 Å². The number of hydrogen-bond donors (Lipinski definition) is 2. The molecule has 0 heterocycles. The number of amides is 1. The number of hydrogen-bond acceptors (Lipinski definition) is 3. The highest BCUT2D eigenvalue weighted by molar-refractivity contribution is 7.80. The number of likely N-dealkylation sites (N-methyl/N-ethyl adjacent to an activating group) is 1. The molecule has 2 rings (SSSR count). The van der Waals surface area contributed by atoms with Gasteiger partial charge in [-0.05, 0) is 38.1 Å². The molecule has 0 saturated heterocycles. The molecule has 0 atom stereocenters. The van der Waals surface area contributed by atoms with E-state index in [1.807, 2.05) is 0 Å². The molecule has 2 aliphatic carbocycles. The minimum absolute atomic E-state index is 0.0324. The number of thiocarbonyl (C=S) groups is 1. The maximum Gasteiger partial charge on any atom is 0.233 e. The molecule has 19 heavy (non-hydrogen) atoms. The molecule has 1 amide bonds. The number of nitrogens with zero attached hydrogens (tertiary/aromatic N) is 1. The van der Waals surface area contributed by atoms with Gasteiger partial charge in [0.2, 0.25) is 5.91 Å². The summed E-state index contributed by atoms with van der Waals surface area (Å²) in [7, 11) is 0. The molecule has 5 heteroatoms. The summed E-state index contributed by atoms with van der Waals surface area (Å²) >= 11 is 5.09. The summed E-state index contributed by atoms with van der Waals surface area (Å²) in [5.41, 5.74) is 5.21. The third kappa shape index (κ3) is 3.08. The predicted molar refractivity (Wildman–Crippen MR) is 80.9 cm³/mol. The molecule has 4 nitrogen and oxygen atoms in total. The number of nitrogens with one attached hydrogen (secondary N) is 1. The van der Waals surface area contributed by atoms with Crippen molar-refractivity contribution >= 4 is 23.1 Å². The first-order valence-corrected chi connectivity index (χ1v) is 7.72. The van der Waals surface area contributed by atoms with Gasteiger partial charge in [-0.25, -0.2) is 0 Å². The third-order valence-corrected chi connectivity index (χ3v) is 4.84. The molecule has 0 unspecified atom stereocenters. The molecule has 108 valence electrons. The monoisotopic (exact) mass is 283 g/mol. The fourth-order valence-corrected chi connectivity index (χ4v) is 3.41. The number of nitrogens with two attached hydrogens (primary N) is 1. The van der Waals surface area contributed by atoms with Gasteiger partial charge in [0.05, 0.1) is 10.4 Å². The summed E-state index contributed by atoms with van der Waals surface area (Å²) < 4.78 is 0. The van der Waals surface area contributed by atoms with Gasteiger partial charge in [0.1, 0.15) is 0 Å². The molecule has 0 aromatic carbocycles. The largest absolute Gasteiger partial charge is 0.392 e. The van der Waals surface area contributed by atoms with Crippen LogP contribution < -0.4 is 11.1 Å². The first-order chi connectivity index (χ1) is 8.99. The fraction of sp³-hybridized carbons (Fsp3) is 0.857.